The van der Waals surface area contributed by atoms with Crippen LogP contribution < -0.4 is 5.73 Å². The fourth-order valence-electron chi connectivity index (χ4n) is 3.45. The molecule has 3 atom stereocenters. The SMILES string of the molecule is NC(=O)C1CCCOC1[C@H]1CCc2ccc(I)cc21. The largest absolute Gasteiger partial charge is 0.377 e. The highest BCUT2D eigenvalue weighted by Crippen LogP contribution is 2.41. The van der Waals surface area contributed by atoms with Crippen LogP contribution in [0.4, 0.5) is 0 Å². The summed E-state index contributed by atoms with van der Waals surface area (Å²) in [6.45, 7) is 0.754. The summed E-state index contributed by atoms with van der Waals surface area (Å²) in [5, 5.41) is 0. The van der Waals surface area contributed by atoms with Crippen molar-refractivity contribution in [2.24, 2.45) is 11.7 Å². The van der Waals surface area contributed by atoms with E-state index in [1.165, 1.54) is 14.7 Å². The number of rotatable bonds is 2. The smallest absolute Gasteiger partial charge is 0.223 e. The zero-order valence-corrected chi connectivity index (χ0v) is 12.9. The Morgan fingerprint density at radius 1 is 1.37 bits per heavy atom. The minimum absolute atomic E-state index is 0.0225. The molecule has 1 aliphatic carbocycles. The molecule has 1 saturated heterocycles. The molecule has 102 valence electrons. The van der Waals surface area contributed by atoms with Gasteiger partial charge in [0.1, 0.15) is 0 Å². The van der Waals surface area contributed by atoms with Crippen LogP contribution in [-0.4, -0.2) is 18.6 Å². The third kappa shape index (κ3) is 2.52. The van der Waals surface area contributed by atoms with Gasteiger partial charge in [0, 0.05) is 16.1 Å². The average molecular weight is 371 g/mol. The van der Waals surface area contributed by atoms with Crippen molar-refractivity contribution in [2.75, 3.05) is 6.61 Å². The summed E-state index contributed by atoms with van der Waals surface area (Å²) in [7, 11) is 0. The number of fused-ring (bicyclic) bond motifs is 1. The van der Waals surface area contributed by atoms with Crippen LogP contribution in [0.5, 0.6) is 0 Å². The fraction of sp³-hybridized carbons (Fsp3) is 0.533. The lowest BCUT2D eigenvalue weighted by atomic mass is 9.82. The summed E-state index contributed by atoms with van der Waals surface area (Å²) in [5.41, 5.74) is 8.33. The van der Waals surface area contributed by atoms with E-state index < -0.39 is 0 Å². The van der Waals surface area contributed by atoms with Crippen LogP contribution in [0.2, 0.25) is 0 Å². The molecular formula is C15H18INO2. The molecule has 4 heteroatoms. The van der Waals surface area contributed by atoms with Crippen LogP contribution >= 0.6 is 22.6 Å². The number of hydrogen-bond acceptors (Lipinski definition) is 2. The van der Waals surface area contributed by atoms with Crippen molar-refractivity contribution in [2.45, 2.75) is 37.7 Å². The van der Waals surface area contributed by atoms with Crippen molar-refractivity contribution in [3.63, 3.8) is 0 Å². The van der Waals surface area contributed by atoms with Gasteiger partial charge < -0.3 is 10.5 Å². The predicted octanol–water partition coefficient (Wildman–Crippen LogP) is 2.60. The third-order valence-corrected chi connectivity index (χ3v) is 5.03. The summed E-state index contributed by atoms with van der Waals surface area (Å²) >= 11 is 2.34. The van der Waals surface area contributed by atoms with Gasteiger partial charge >= 0.3 is 0 Å². The third-order valence-electron chi connectivity index (χ3n) is 4.36. The first-order valence-electron chi connectivity index (χ1n) is 6.86. The summed E-state index contributed by atoms with van der Waals surface area (Å²) in [6, 6.07) is 6.60. The Kier molecular flexibility index (Phi) is 3.80. The molecule has 2 aliphatic rings. The highest BCUT2D eigenvalue weighted by Gasteiger charge is 2.39. The molecule has 0 saturated carbocycles. The van der Waals surface area contributed by atoms with Gasteiger partial charge in [-0.05, 0) is 71.5 Å². The van der Waals surface area contributed by atoms with E-state index in [0.717, 1.165) is 32.3 Å². The number of hydrogen-bond donors (Lipinski definition) is 1. The maximum atomic E-state index is 11.6. The highest BCUT2D eigenvalue weighted by molar-refractivity contribution is 14.1. The van der Waals surface area contributed by atoms with Crippen molar-refractivity contribution in [1.82, 2.24) is 0 Å². The first-order valence-corrected chi connectivity index (χ1v) is 7.94. The summed E-state index contributed by atoms with van der Waals surface area (Å²) in [4.78, 5) is 11.6. The molecule has 1 heterocycles. The standard InChI is InChI=1S/C15H18INO2/c16-10-5-3-9-4-6-11(13(9)8-10)14-12(15(17)18)2-1-7-19-14/h3,5,8,11-12,14H,1-2,4,6-7H2,(H2,17,18)/t11-,12?,14?/m0/s1. The first kappa shape index (κ1) is 13.4. The second kappa shape index (κ2) is 5.40. The lowest BCUT2D eigenvalue weighted by molar-refractivity contribution is -0.132. The number of ether oxygens (including phenoxy) is 1. The Hall–Kier alpha value is -0.620. The Bertz CT molecular complexity index is 503. The lowest BCUT2D eigenvalue weighted by Gasteiger charge is -2.34. The van der Waals surface area contributed by atoms with E-state index in [1.54, 1.807) is 0 Å². The van der Waals surface area contributed by atoms with Crippen LogP contribution in [0.15, 0.2) is 18.2 Å². The van der Waals surface area contributed by atoms with Gasteiger partial charge in [0.25, 0.3) is 0 Å². The zero-order chi connectivity index (χ0) is 13.4. The van der Waals surface area contributed by atoms with E-state index in [0.29, 0.717) is 5.92 Å². The van der Waals surface area contributed by atoms with Gasteiger partial charge in [-0.15, -0.1) is 0 Å². The number of carbonyl (C=O) groups excluding carboxylic acids is 1. The van der Waals surface area contributed by atoms with Crippen molar-refractivity contribution < 1.29 is 9.53 Å². The normalized spacial score (nSPS) is 30.1. The molecule has 0 spiro atoms. The van der Waals surface area contributed by atoms with Crippen LogP contribution in [0.1, 0.15) is 36.3 Å². The topological polar surface area (TPSA) is 52.3 Å². The number of halogens is 1. The number of amides is 1. The van der Waals surface area contributed by atoms with Crippen molar-refractivity contribution in [3.8, 4) is 0 Å². The van der Waals surface area contributed by atoms with Gasteiger partial charge in [-0.25, -0.2) is 0 Å². The molecule has 19 heavy (non-hydrogen) atoms. The summed E-state index contributed by atoms with van der Waals surface area (Å²) in [5.74, 6) is 0.00821. The molecule has 1 aromatic rings. The fourth-order valence-corrected chi connectivity index (χ4v) is 3.97. The summed E-state index contributed by atoms with van der Waals surface area (Å²) < 4.78 is 7.17. The molecule has 0 aromatic heterocycles. The lowest BCUT2D eigenvalue weighted by Crippen LogP contribution is -2.41. The van der Waals surface area contributed by atoms with E-state index >= 15 is 0 Å². The van der Waals surface area contributed by atoms with Gasteiger partial charge in [-0.2, -0.15) is 0 Å². The Morgan fingerprint density at radius 2 is 2.21 bits per heavy atom. The molecule has 1 aliphatic heterocycles. The molecule has 3 nitrogen and oxygen atoms in total. The highest BCUT2D eigenvalue weighted by atomic mass is 127. The number of aryl methyl sites for hydroxylation is 1. The molecule has 2 unspecified atom stereocenters. The van der Waals surface area contributed by atoms with Crippen molar-refractivity contribution in [1.29, 1.82) is 0 Å². The van der Waals surface area contributed by atoms with Crippen LogP contribution in [0.25, 0.3) is 0 Å². The summed E-state index contributed by atoms with van der Waals surface area (Å²) in [6.07, 6.45) is 3.95. The second-order valence-corrected chi connectivity index (χ2v) is 6.72. The minimum atomic E-state index is -0.205. The molecular weight excluding hydrogens is 353 g/mol. The molecule has 1 amide bonds. The minimum Gasteiger partial charge on any atom is -0.377 e. The van der Waals surface area contributed by atoms with Crippen LogP contribution in [0.3, 0.4) is 0 Å². The molecule has 3 rings (SSSR count). The maximum absolute atomic E-state index is 11.6. The Morgan fingerprint density at radius 3 is 3.00 bits per heavy atom. The van der Waals surface area contributed by atoms with E-state index in [2.05, 4.69) is 40.8 Å². The second-order valence-electron chi connectivity index (χ2n) is 5.47. The number of primary amides is 1. The van der Waals surface area contributed by atoms with Gasteiger partial charge in [-0.3, -0.25) is 4.79 Å². The van der Waals surface area contributed by atoms with E-state index in [9.17, 15) is 4.79 Å². The quantitative estimate of drug-likeness (QED) is 0.813. The van der Waals surface area contributed by atoms with Crippen LogP contribution in [0, 0.1) is 9.49 Å². The van der Waals surface area contributed by atoms with E-state index in [-0.39, 0.29) is 17.9 Å². The number of nitrogens with two attached hydrogens (primary N) is 1. The monoisotopic (exact) mass is 371 g/mol. The number of benzene rings is 1. The first-order chi connectivity index (χ1) is 9.16. The van der Waals surface area contributed by atoms with Crippen molar-refractivity contribution >= 4 is 28.5 Å². The number of carbonyl (C=O) groups is 1. The van der Waals surface area contributed by atoms with E-state index in [4.69, 9.17) is 10.5 Å². The van der Waals surface area contributed by atoms with Gasteiger partial charge in [0.05, 0.1) is 12.0 Å². The van der Waals surface area contributed by atoms with Crippen molar-refractivity contribution in [3.05, 3.63) is 32.9 Å². The molecule has 0 bridgehead atoms. The predicted molar refractivity (Wildman–Crippen MR) is 81.9 cm³/mol. The maximum Gasteiger partial charge on any atom is 0.223 e. The zero-order valence-electron chi connectivity index (χ0n) is 10.8. The average Bonchev–Trinajstić information content (AvgIpc) is 2.81. The van der Waals surface area contributed by atoms with Crippen LogP contribution in [-0.2, 0) is 16.0 Å². The van der Waals surface area contributed by atoms with Gasteiger partial charge in [-0.1, -0.05) is 6.07 Å². The Labute approximate surface area is 127 Å². The van der Waals surface area contributed by atoms with Gasteiger partial charge in [0.15, 0.2) is 0 Å². The molecule has 1 fully saturated rings. The van der Waals surface area contributed by atoms with Gasteiger partial charge in [0.2, 0.25) is 5.91 Å². The Balaban J connectivity index is 1.91. The van der Waals surface area contributed by atoms with E-state index in [1.807, 2.05) is 0 Å². The molecule has 0 radical (unpaired) electrons. The molecule has 2 N–H and O–H groups in total. The molecule has 1 aromatic carbocycles.